The van der Waals surface area contributed by atoms with E-state index in [1.165, 1.54) is 0 Å². The van der Waals surface area contributed by atoms with E-state index in [1.807, 2.05) is 0 Å². The zero-order valence-electron chi connectivity index (χ0n) is 5.69. The predicted octanol–water partition coefficient (Wildman–Crippen LogP) is 3.24. The summed E-state index contributed by atoms with van der Waals surface area (Å²) in [6.07, 6.45) is 3.15. The molecular weight excluding hydrogens is 190 g/mol. The summed E-state index contributed by atoms with van der Waals surface area (Å²) in [5.74, 6) is 1.33. The van der Waals surface area contributed by atoms with Gasteiger partial charge in [-0.2, -0.15) is 0 Å². The van der Waals surface area contributed by atoms with E-state index in [1.54, 1.807) is 0 Å². The van der Waals surface area contributed by atoms with E-state index in [4.69, 9.17) is 34.8 Å². The van der Waals surface area contributed by atoms with Crippen molar-refractivity contribution in [3.05, 3.63) is 0 Å². The molecule has 1 rings (SSSR count). The van der Waals surface area contributed by atoms with Crippen LogP contribution in [0.15, 0.2) is 0 Å². The smallest absolute Gasteiger partial charge is 0.0502 e. The first-order valence-electron chi connectivity index (χ1n) is 3.58. The summed E-state index contributed by atoms with van der Waals surface area (Å²) in [6.45, 7) is 0. The molecule has 0 bridgehead atoms. The van der Waals surface area contributed by atoms with E-state index in [0.29, 0.717) is 5.92 Å². The van der Waals surface area contributed by atoms with E-state index >= 15 is 0 Å². The van der Waals surface area contributed by atoms with Gasteiger partial charge in [0.25, 0.3) is 0 Å². The van der Waals surface area contributed by atoms with Crippen LogP contribution in [0.1, 0.15) is 19.3 Å². The van der Waals surface area contributed by atoms with Crippen molar-refractivity contribution in [2.45, 2.75) is 30.0 Å². The predicted molar refractivity (Wildman–Crippen MR) is 47.3 cm³/mol. The summed E-state index contributed by atoms with van der Waals surface area (Å²) in [7, 11) is 0. The highest BCUT2D eigenvalue weighted by molar-refractivity contribution is 6.30. The second-order valence-electron chi connectivity index (χ2n) is 2.87. The monoisotopic (exact) mass is 200 g/mol. The minimum absolute atomic E-state index is 0.138. The van der Waals surface area contributed by atoms with Gasteiger partial charge in [0.1, 0.15) is 0 Å². The molecule has 0 aromatic rings. The third-order valence-electron chi connectivity index (χ3n) is 2.02. The van der Waals surface area contributed by atoms with Gasteiger partial charge in [0.05, 0.1) is 5.38 Å². The summed E-state index contributed by atoms with van der Waals surface area (Å²) in [5, 5.41) is 0.306. The first-order valence-corrected chi connectivity index (χ1v) is 4.99. The molecule has 10 heavy (non-hydrogen) atoms. The van der Waals surface area contributed by atoms with E-state index in [2.05, 4.69) is 0 Å². The molecule has 60 valence electrons. The van der Waals surface area contributed by atoms with Gasteiger partial charge in [-0.1, -0.05) is 0 Å². The van der Waals surface area contributed by atoms with E-state index < -0.39 is 0 Å². The second-order valence-corrected chi connectivity index (χ2v) is 4.30. The van der Waals surface area contributed by atoms with Crippen LogP contribution in [0.2, 0.25) is 0 Å². The van der Waals surface area contributed by atoms with Gasteiger partial charge < -0.3 is 0 Å². The van der Waals surface area contributed by atoms with Crippen molar-refractivity contribution >= 4 is 34.8 Å². The maximum absolute atomic E-state index is 5.95. The normalized spacial score (nSPS) is 41.7. The molecule has 0 N–H and O–H groups in total. The lowest BCUT2D eigenvalue weighted by molar-refractivity contribution is 0.399. The Hall–Kier alpha value is 0.870. The summed E-state index contributed by atoms with van der Waals surface area (Å²) >= 11 is 17.6. The molecule has 0 saturated heterocycles. The molecule has 0 unspecified atom stereocenters. The molecule has 0 aromatic carbocycles. The number of hydrogen-bond donors (Lipinski definition) is 0. The maximum atomic E-state index is 5.95. The molecule has 1 fully saturated rings. The minimum Gasteiger partial charge on any atom is -0.126 e. The van der Waals surface area contributed by atoms with Crippen LogP contribution in [0.4, 0.5) is 0 Å². The largest absolute Gasteiger partial charge is 0.126 e. The zero-order valence-corrected chi connectivity index (χ0v) is 7.96. The highest BCUT2D eigenvalue weighted by atomic mass is 35.5. The van der Waals surface area contributed by atoms with Crippen molar-refractivity contribution < 1.29 is 0 Å². The van der Waals surface area contributed by atoms with Crippen molar-refractivity contribution in [1.29, 1.82) is 0 Å². The minimum atomic E-state index is 0.138. The molecule has 3 heteroatoms. The van der Waals surface area contributed by atoms with Gasteiger partial charge >= 0.3 is 0 Å². The Bertz CT molecular complexity index is 105. The van der Waals surface area contributed by atoms with Crippen LogP contribution in [0.5, 0.6) is 0 Å². The molecule has 1 aliphatic carbocycles. The van der Waals surface area contributed by atoms with E-state index in [0.717, 1.165) is 25.1 Å². The van der Waals surface area contributed by atoms with Gasteiger partial charge in [-0.15, -0.1) is 34.8 Å². The molecule has 0 nitrogen and oxygen atoms in total. The van der Waals surface area contributed by atoms with Crippen molar-refractivity contribution in [1.82, 2.24) is 0 Å². The van der Waals surface area contributed by atoms with Crippen LogP contribution in [0.3, 0.4) is 0 Å². The van der Waals surface area contributed by atoms with Crippen LogP contribution < -0.4 is 0 Å². The summed E-state index contributed by atoms with van der Waals surface area (Å²) < 4.78 is 0. The number of halogens is 3. The average molecular weight is 202 g/mol. The molecule has 0 aromatic heterocycles. The second kappa shape index (κ2) is 4.04. The van der Waals surface area contributed by atoms with Gasteiger partial charge in [0.15, 0.2) is 0 Å². The van der Waals surface area contributed by atoms with Crippen LogP contribution >= 0.6 is 34.8 Å². The van der Waals surface area contributed by atoms with E-state index in [9.17, 15) is 0 Å². The quantitative estimate of drug-likeness (QED) is 0.572. The maximum Gasteiger partial charge on any atom is 0.0502 e. The Morgan fingerprint density at radius 2 is 1.80 bits per heavy atom. The SMILES string of the molecule is ClC[C@H]1CC[C@H](Cl)[C@@H](Cl)C1. The summed E-state index contributed by atoms with van der Waals surface area (Å²) in [5.41, 5.74) is 0. The number of alkyl halides is 3. The molecule has 3 atom stereocenters. The van der Waals surface area contributed by atoms with Crippen molar-refractivity contribution in [3.63, 3.8) is 0 Å². The lowest BCUT2D eigenvalue weighted by Gasteiger charge is -2.27. The fourth-order valence-corrected chi connectivity index (χ4v) is 2.19. The molecule has 0 amide bonds. The van der Waals surface area contributed by atoms with Crippen LogP contribution in [0, 0.1) is 5.92 Å². The standard InChI is InChI=1S/C7H11Cl3/c8-4-5-1-2-6(9)7(10)3-5/h5-7H,1-4H2/t5-,6-,7-/m0/s1. The molecule has 1 aliphatic rings. The molecule has 0 heterocycles. The zero-order chi connectivity index (χ0) is 7.56. The molecular formula is C7H11Cl3. The molecule has 1 saturated carbocycles. The molecule has 0 radical (unpaired) electrons. The Kier molecular flexibility index (Phi) is 3.62. The lowest BCUT2D eigenvalue weighted by Crippen LogP contribution is -2.26. The van der Waals surface area contributed by atoms with Gasteiger partial charge in [-0.3, -0.25) is 0 Å². The fourth-order valence-electron chi connectivity index (χ4n) is 1.30. The Labute approximate surface area is 76.8 Å². The number of rotatable bonds is 1. The Balaban J connectivity index is 2.33. The van der Waals surface area contributed by atoms with Crippen molar-refractivity contribution in [2.75, 3.05) is 5.88 Å². The third kappa shape index (κ3) is 2.18. The van der Waals surface area contributed by atoms with Crippen LogP contribution in [0.25, 0.3) is 0 Å². The Morgan fingerprint density at radius 1 is 1.10 bits per heavy atom. The highest BCUT2D eigenvalue weighted by Crippen LogP contribution is 2.31. The van der Waals surface area contributed by atoms with Crippen molar-refractivity contribution in [3.8, 4) is 0 Å². The van der Waals surface area contributed by atoms with Gasteiger partial charge in [-0.25, -0.2) is 0 Å². The highest BCUT2D eigenvalue weighted by Gasteiger charge is 2.26. The topological polar surface area (TPSA) is 0 Å². The van der Waals surface area contributed by atoms with Gasteiger partial charge in [0, 0.05) is 11.3 Å². The lowest BCUT2D eigenvalue weighted by atomic mass is 9.90. The van der Waals surface area contributed by atoms with E-state index in [-0.39, 0.29) is 10.8 Å². The third-order valence-corrected chi connectivity index (χ3v) is 3.59. The Morgan fingerprint density at radius 3 is 2.30 bits per heavy atom. The van der Waals surface area contributed by atoms with Crippen molar-refractivity contribution in [2.24, 2.45) is 5.92 Å². The fraction of sp³-hybridized carbons (Fsp3) is 1.00. The first kappa shape index (κ1) is 8.96. The summed E-state index contributed by atoms with van der Waals surface area (Å²) in [4.78, 5) is 0. The molecule has 0 aliphatic heterocycles. The van der Waals surface area contributed by atoms with Crippen LogP contribution in [-0.2, 0) is 0 Å². The van der Waals surface area contributed by atoms with Crippen LogP contribution in [-0.4, -0.2) is 16.6 Å². The number of hydrogen-bond acceptors (Lipinski definition) is 0. The van der Waals surface area contributed by atoms with Gasteiger partial charge in [-0.05, 0) is 25.2 Å². The summed E-state index contributed by atoms with van der Waals surface area (Å²) in [6, 6.07) is 0. The molecule has 0 spiro atoms. The first-order chi connectivity index (χ1) is 4.74. The van der Waals surface area contributed by atoms with Gasteiger partial charge in [0.2, 0.25) is 0 Å². The average Bonchev–Trinajstić information content (AvgIpc) is 1.95.